The molecule has 0 aliphatic rings. The summed E-state index contributed by atoms with van der Waals surface area (Å²) >= 11 is 0.905. The Balaban J connectivity index is 1.62. The van der Waals surface area contributed by atoms with E-state index in [9.17, 15) is 14.4 Å². The van der Waals surface area contributed by atoms with Gasteiger partial charge in [0.25, 0.3) is 5.56 Å². The molecule has 26 heavy (non-hydrogen) atoms. The second kappa shape index (κ2) is 7.83. The Labute approximate surface area is 151 Å². The highest BCUT2D eigenvalue weighted by Gasteiger charge is 2.08. The number of carbonyl (C=O) groups excluding carboxylic acids is 1. The van der Waals surface area contributed by atoms with Crippen molar-refractivity contribution in [3.8, 4) is 0 Å². The first-order valence-electron chi connectivity index (χ1n) is 7.80. The van der Waals surface area contributed by atoms with Crippen molar-refractivity contribution in [2.45, 2.75) is 18.5 Å². The summed E-state index contributed by atoms with van der Waals surface area (Å²) in [6, 6.07) is 7.94. The van der Waals surface area contributed by atoms with Gasteiger partial charge in [0.05, 0.1) is 12.0 Å². The number of hydrogen-bond acceptors (Lipinski definition) is 6. The summed E-state index contributed by atoms with van der Waals surface area (Å²) in [5.41, 5.74) is 3.08. The molecule has 2 aromatic heterocycles. The molecule has 3 rings (SSSR count). The van der Waals surface area contributed by atoms with Crippen molar-refractivity contribution in [3.63, 3.8) is 0 Å². The molecule has 0 unspecified atom stereocenters. The van der Waals surface area contributed by atoms with Gasteiger partial charge in [-0.2, -0.15) is 10.2 Å². The number of hydrazone groups is 1. The van der Waals surface area contributed by atoms with Gasteiger partial charge in [-0.15, -0.1) is 0 Å². The fourth-order valence-corrected chi connectivity index (χ4v) is 3.04. The van der Waals surface area contributed by atoms with Crippen LogP contribution in [-0.2, 0) is 11.3 Å². The van der Waals surface area contributed by atoms with Gasteiger partial charge in [-0.05, 0) is 13.0 Å². The van der Waals surface area contributed by atoms with Crippen LogP contribution in [0.2, 0.25) is 0 Å². The Morgan fingerprint density at radius 2 is 2.19 bits per heavy atom. The van der Waals surface area contributed by atoms with E-state index in [4.69, 9.17) is 0 Å². The summed E-state index contributed by atoms with van der Waals surface area (Å²) in [6.07, 6.45) is 3.56. The van der Waals surface area contributed by atoms with E-state index in [1.54, 1.807) is 6.21 Å². The molecule has 0 aliphatic heterocycles. The lowest BCUT2D eigenvalue weighted by Crippen LogP contribution is -2.26. The molecule has 134 valence electrons. The van der Waals surface area contributed by atoms with E-state index < -0.39 is 17.2 Å². The van der Waals surface area contributed by atoms with E-state index in [1.165, 1.54) is 0 Å². The first-order valence-corrected chi connectivity index (χ1v) is 8.78. The lowest BCUT2D eigenvalue weighted by Gasteiger charge is -1.98. The first kappa shape index (κ1) is 17.7. The Morgan fingerprint density at radius 1 is 1.38 bits per heavy atom. The summed E-state index contributed by atoms with van der Waals surface area (Å²) in [4.78, 5) is 36.3. The number of aryl methyl sites for hydroxylation is 1. The van der Waals surface area contributed by atoms with E-state index in [2.05, 4.69) is 32.2 Å². The number of aromatic amines is 2. The Morgan fingerprint density at radius 3 is 2.96 bits per heavy atom. The number of aromatic nitrogens is 4. The van der Waals surface area contributed by atoms with E-state index in [-0.39, 0.29) is 10.8 Å². The fraction of sp³-hybridized carbons (Fsp3) is 0.188. The van der Waals surface area contributed by atoms with Crippen molar-refractivity contribution in [1.82, 2.24) is 25.2 Å². The lowest BCUT2D eigenvalue weighted by atomic mass is 10.2. The molecule has 0 radical (unpaired) electrons. The minimum atomic E-state index is -0.695. The van der Waals surface area contributed by atoms with E-state index in [1.807, 2.05) is 35.4 Å². The highest BCUT2D eigenvalue weighted by Crippen LogP contribution is 2.19. The monoisotopic (exact) mass is 372 g/mol. The van der Waals surface area contributed by atoms with Crippen molar-refractivity contribution in [2.24, 2.45) is 5.10 Å². The smallest absolute Gasteiger partial charge is 0.342 e. The van der Waals surface area contributed by atoms with Crippen LogP contribution in [0.15, 0.2) is 50.2 Å². The van der Waals surface area contributed by atoms with Crippen LogP contribution in [0.4, 0.5) is 0 Å². The lowest BCUT2D eigenvalue weighted by molar-refractivity contribution is -0.118. The van der Waals surface area contributed by atoms with Crippen LogP contribution >= 0.6 is 11.8 Å². The minimum Gasteiger partial charge on any atom is -0.347 e. The molecule has 0 spiro atoms. The number of benzene rings is 1. The molecule has 0 fully saturated rings. The predicted octanol–water partition coefficient (Wildman–Crippen LogP) is 0.675. The molecule has 0 atom stereocenters. The maximum absolute atomic E-state index is 11.8. The van der Waals surface area contributed by atoms with Gasteiger partial charge in [0.1, 0.15) is 0 Å². The molecule has 0 bridgehead atoms. The largest absolute Gasteiger partial charge is 0.347 e. The van der Waals surface area contributed by atoms with Gasteiger partial charge in [0.15, 0.2) is 5.03 Å². The van der Waals surface area contributed by atoms with Crippen LogP contribution in [-0.4, -0.2) is 37.6 Å². The maximum Gasteiger partial charge on any atom is 0.342 e. The highest BCUT2D eigenvalue weighted by atomic mass is 32.2. The van der Waals surface area contributed by atoms with Gasteiger partial charge >= 0.3 is 5.69 Å². The summed E-state index contributed by atoms with van der Waals surface area (Å²) in [5, 5.41) is 10.7. The zero-order valence-electron chi connectivity index (χ0n) is 13.9. The summed E-state index contributed by atoms with van der Waals surface area (Å²) in [6.45, 7) is 2.89. The van der Waals surface area contributed by atoms with Crippen LogP contribution in [0.25, 0.3) is 10.9 Å². The highest BCUT2D eigenvalue weighted by molar-refractivity contribution is 7.99. The number of nitrogens with one attached hydrogen (secondary N) is 3. The molecule has 3 N–H and O–H groups in total. The molecule has 0 aliphatic carbocycles. The van der Waals surface area contributed by atoms with Crippen LogP contribution in [0.1, 0.15) is 12.5 Å². The molecule has 1 aromatic carbocycles. The standard InChI is InChI=1S/C16H16N6O3S/c1-2-22-8-10(11-5-3-4-6-12(11)22)7-17-19-13(23)9-26-15-14(24)18-16(25)21-20-15/h3-8H,2,9H2,1H3,(H,19,23)(H2,18,21,24,25)/b17-7+. The fourth-order valence-electron chi connectivity index (χ4n) is 2.41. The molecular weight excluding hydrogens is 356 g/mol. The molecule has 2 heterocycles. The third-order valence-corrected chi connectivity index (χ3v) is 4.53. The van der Waals surface area contributed by atoms with Crippen LogP contribution in [0.5, 0.6) is 0 Å². The second-order valence-corrected chi connectivity index (χ2v) is 6.25. The third-order valence-electron chi connectivity index (χ3n) is 3.57. The molecular formula is C16H16N6O3S. The summed E-state index contributed by atoms with van der Waals surface area (Å²) < 4.78 is 2.10. The molecule has 0 saturated carbocycles. The molecule has 1 amide bonds. The number of para-hydroxylation sites is 1. The molecule has 3 aromatic rings. The topological polar surface area (TPSA) is 125 Å². The quantitative estimate of drug-likeness (QED) is 0.333. The average Bonchev–Trinajstić information content (AvgIpc) is 2.99. The Bertz CT molecular complexity index is 1080. The van der Waals surface area contributed by atoms with Crippen LogP contribution in [0, 0.1) is 0 Å². The zero-order valence-corrected chi connectivity index (χ0v) is 14.7. The number of carbonyl (C=O) groups is 1. The van der Waals surface area contributed by atoms with E-state index in [0.29, 0.717) is 0 Å². The predicted molar refractivity (Wildman–Crippen MR) is 99.6 cm³/mol. The van der Waals surface area contributed by atoms with Gasteiger partial charge < -0.3 is 4.57 Å². The van der Waals surface area contributed by atoms with Crippen molar-refractivity contribution in [2.75, 3.05) is 5.75 Å². The van der Waals surface area contributed by atoms with Gasteiger partial charge in [0, 0.05) is 29.2 Å². The van der Waals surface area contributed by atoms with E-state index in [0.717, 1.165) is 34.8 Å². The van der Waals surface area contributed by atoms with Crippen molar-refractivity contribution in [1.29, 1.82) is 0 Å². The number of hydrogen-bond donors (Lipinski definition) is 3. The van der Waals surface area contributed by atoms with Crippen molar-refractivity contribution < 1.29 is 4.79 Å². The van der Waals surface area contributed by atoms with Gasteiger partial charge in [0.2, 0.25) is 5.91 Å². The van der Waals surface area contributed by atoms with Crippen LogP contribution in [0.3, 0.4) is 0 Å². The third kappa shape index (κ3) is 3.91. The van der Waals surface area contributed by atoms with E-state index >= 15 is 0 Å². The molecule has 9 nitrogen and oxygen atoms in total. The number of amides is 1. The SMILES string of the molecule is CCn1cc(/C=N/NC(=O)CSc2n[nH]c(=O)[nH]c2=O)c2ccccc21. The van der Waals surface area contributed by atoms with Crippen molar-refractivity contribution in [3.05, 3.63) is 56.9 Å². The number of fused-ring (bicyclic) bond motifs is 1. The second-order valence-electron chi connectivity index (χ2n) is 5.28. The number of H-pyrrole nitrogens is 2. The Kier molecular flexibility index (Phi) is 5.32. The Hall–Kier alpha value is -3.14. The minimum absolute atomic E-state index is 0.00902. The number of rotatable bonds is 6. The van der Waals surface area contributed by atoms with Gasteiger partial charge in [-0.25, -0.2) is 15.3 Å². The van der Waals surface area contributed by atoms with Gasteiger partial charge in [-0.1, -0.05) is 30.0 Å². The van der Waals surface area contributed by atoms with Gasteiger partial charge in [-0.3, -0.25) is 14.6 Å². The average molecular weight is 372 g/mol. The molecule has 0 saturated heterocycles. The number of nitrogens with zero attached hydrogens (tertiary/aromatic N) is 3. The maximum atomic E-state index is 11.8. The normalized spacial score (nSPS) is 11.3. The van der Waals surface area contributed by atoms with Crippen LogP contribution < -0.4 is 16.7 Å². The zero-order chi connectivity index (χ0) is 18.5. The first-order chi connectivity index (χ1) is 12.6. The molecule has 10 heteroatoms. The summed E-state index contributed by atoms with van der Waals surface area (Å²) in [7, 11) is 0. The van der Waals surface area contributed by atoms with Crippen molar-refractivity contribution >= 4 is 34.8 Å². The summed E-state index contributed by atoms with van der Waals surface area (Å²) in [5.74, 6) is -0.450. The number of thioether (sulfide) groups is 1.